The number of ketones is 1. The molecule has 6 nitrogen and oxygen atoms in total. The first kappa shape index (κ1) is 18.4. The summed E-state index contributed by atoms with van der Waals surface area (Å²) in [6.07, 6.45) is 2.57. The molecule has 26 heavy (non-hydrogen) atoms. The minimum Gasteiger partial charge on any atom is -0.312 e. The van der Waals surface area contributed by atoms with Gasteiger partial charge in [-0.2, -0.15) is 0 Å². The highest BCUT2D eigenvalue weighted by Crippen LogP contribution is 2.31. The fourth-order valence-electron chi connectivity index (χ4n) is 3.12. The number of benzene rings is 1. The molecule has 3 rings (SSSR count). The Labute approximate surface area is 157 Å². The molecule has 0 radical (unpaired) electrons. The summed E-state index contributed by atoms with van der Waals surface area (Å²) in [7, 11) is 0. The van der Waals surface area contributed by atoms with Crippen molar-refractivity contribution in [3.05, 3.63) is 47.8 Å². The number of nitrogens with zero attached hydrogens (tertiary/aromatic N) is 4. The number of hydrogen-bond donors (Lipinski definition) is 0. The molecular weight excluding hydrogens is 348 g/mol. The van der Waals surface area contributed by atoms with Gasteiger partial charge in [0.25, 0.3) is 0 Å². The van der Waals surface area contributed by atoms with Crippen LogP contribution in [0.3, 0.4) is 0 Å². The van der Waals surface area contributed by atoms with E-state index in [9.17, 15) is 9.59 Å². The largest absolute Gasteiger partial charge is 0.312 e. The fraction of sp³-hybridized carbons (Fsp3) is 0.368. The summed E-state index contributed by atoms with van der Waals surface area (Å²) in [6, 6.07) is 5.59. The number of hydrogen-bond acceptors (Lipinski definition) is 5. The van der Waals surface area contributed by atoms with Crippen LogP contribution in [0, 0.1) is 6.92 Å². The number of anilines is 1. The molecule has 1 aliphatic rings. The van der Waals surface area contributed by atoms with Gasteiger partial charge in [-0.3, -0.25) is 9.59 Å². The molecule has 0 spiro atoms. The van der Waals surface area contributed by atoms with E-state index in [1.165, 1.54) is 11.8 Å². The lowest BCUT2D eigenvalue weighted by Gasteiger charge is -2.15. The predicted molar refractivity (Wildman–Crippen MR) is 103 cm³/mol. The predicted octanol–water partition coefficient (Wildman–Crippen LogP) is 3.05. The third-order valence-electron chi connectivity index (χ3n) is 4.50. The molecule has 2 aromatic rings. The maximum Gasteiger partial charge on any atom is 0.223 e. The maximum absolute atomic E-state index is 12.9. The second-order valence-electron chi connectivity index (χ2n) is 6.32. The Hall–Kier alpha value is -2.41. The first-order valence-electron chi connectivity index (χ1n) is 8.55. The van der Waals surface area contributed by atoms with Crippen LogP contribution in [0.5, 0.6) is 0 Å². The lowest BCUT2D eigenvalue weighted by atomic mass is 10.0. The van der Waals surface area contributed by atoms with Gasteiger partial charge in [-0.05, 0) is 44.0 Å². The average molecular weight is 370 g/mol. The molecule has 136 valence electrons. The van der Waals surface area contributed by atoms with Crippen LogP contribution in [-0.4, -0.2) is 38.2 Å². The van der Waals surface area contributed by atoms with Crippen molar-refractivity contribution < 1.29 is 9.59 Å². The molecule has 2 heterocycles. The first-order valence-corrected chi connectivity index (χ1v) is 9.43. The van der Waals surface area contributed by atoms with Gasteiger partial charge < -0.3 is 9.47 Å². The number of amides is 1. The van der Waals surface area contributed by atoms with Crippen LogP contribution in [0.2, 0.25) is 0 Å². The summed E-state index contributed by atoms with van der Waals surface area (Å²) in [4.78, 5) is 26.3. The number of aromatic nitrogens is 3. The van der Waals surface area contributed by atoms with Crippen LogP contribution in [0.4, 0.5) is 5.69 Å². The van der Waals surface area contributed by atoms with Crippen molar-refractivity contribution in [3.8, 4) is 0 Å². The number of rotatable bonds is 6. The lowest BCUT2D eigenvalue weighted by Crippen LogP contribution is -2.25. The monoisotopic (exact) mass is 370 g/mol. The van der Waals surface area contributed by atoms with Crippen molar-refractivity contribution in [3.63, 3.8) is 0 Å². The van der Waals surface area contributed by atoms with E-state index in [0.717, 1.165) is 23.5 Å². The topological polar surface area (TPSA) is 68.1 Å². The zero-order chi connectivity index (χ0) is 18.8. The number of Topliss-reactive ketones (excluding diaryl/α,β-unsaturated/α-hetero) is 1. The molecule has 0 aliphatic carbocycles. The fourth-order valence-corrected chi connectivity index (χ4v) is 4.10. The van der Waals surface area contributed by atoms with Crippen molar-refractivity contribution in [2.24, 2.45) is 0 Å². The van der Waals surface area contributed by atoms with Crippen LogP contribution in [0.15, 0.2) is 36.0 Å². The number of carbonyl (C=O) groups excluding carboxylic acids is 2. The van der Waals surface area contributed by atoms with E-state index in [4.69, 9.17) is 0 Å². The number of fused-ring (bicyclic) bond motifs is 1. The van der Waals surface area contributed by atoms with Gasteiger partial charge in [-0.25, -0.2) is 0 Å². The van der Waals surface area contributed by atoms with Gasteiger partial charge in [0, 0.05) is 31.3 Å². The molecule has 0 N–H and O–H groups in total. The molecule has 1 aromatic carbocycles. The Morgan fingerprint density at radius 2 is 2.15 bits per heavy atom. The Morgan fingerprint density at radius 1 is 1.38 bits per heavy atom. The molecule has 0 fully saturated rings. The number of aryl methyl sites for hydroxylation is 1. The molecule has 1 aromatic heterocycles. The Morgan fingerprint density at radius 3 is 2.85 bits per heavy atom. The number of carbonyl (C=O) groups is 2. The molecule has 0 bridgehead atoms. The van der Waals surface area contributed by atoms with Gasteiger partial charge in [0.1, 0.15) is 5.82 Å². The van der Waals surface area contributed by atoms with Crippen molar-refractivity contribution in [2.45, 2.75) is 44.1 Å². The van der Waals surface area contributed by atoms with Gasteiger partial charge in [0.05, 0.1) is 5.25 Å². The van der Waals surface area contributed by atoms with Crippen molar-refractivity contribution >= 4 is 29.1 Å². The Kier molecular flexibility index (Phi) is 5.27. The lowest BCUT2D eigenvalue weighted by molar-refractivity contribution is -0.116. The van der Waals surface area contributed by atoms with Crippen LogP contribution >= 0.6 is 11.8 Å². The normalized spacial score (nSPS) is 14.2. The maximum atomic E-state index is 12.9. The zero-order valence-corrected chi connectivity index (χ0v) is 16.0. The molecule has 0 saturated carbocycles. The van der Waals surface area contributed by atoms with Crippen molar-refractivity contribution in [2.75, 3.05) is 11.4 Å². The Balaban J connectivity index is 1.78. The van der Waals surface area contributed by atoms with E-state index in [2.05, 4.69) is 16.8 Å². The van der Waals surface area contributed by atoms with Crippen LogP contribution in [-0.2, 0) is 17.8 Å². The van der Waals surface area contributed by atoms with Crippen LogP contribution < -0.4 is 4.90 Å². The highest BCUT2D eigenvalue weighted by atomic mass is 32.2. The quantitative estimate of drug-likeness (QED) is 0.444. The summed E-state index contributed by atoms with van der Waals surface area (Å²) >= 11 is 1.40. The zero-order valence-electron chi connectivity index (χ0n) is 15.2. The van der Waals surface area contributed by atoms with Crippen molar-refractivity contribution in [1.82, 2.24) is 14.8 Å². The highest BCUT2D eigenvalue weighted by Gasteiger charge is 2.25. The molecule has 1 atom stereocenters. The number of thioether (sulfide) groups is 1. The number of allylic oxidation sites excluding steroid dienone is 1. The highest BCUT2D eigenvalue weighted by molar-refractivity contribution is 8.00. The third-order valence-corrected chi connectivity index (χ3v) is 5.59. The second-order valence-corrected chi connectivity index (χ2v) is 7.63. The first-order chi connectivity index (χ1) is 12.4. The minimum absolute atomic E-state index is 0.0312. The van der Waals surface area contributed by atoms with Gasteiger partial charge in [-0.1, -0.05) is 17.8 Å². The minimum atomic E-state index is -0.287. The van der Waals surface area contributed by atoms with Gasteiger partial charge in [0.2, 0.25) is 5.91 Å². The van der Waals surface area contributed by atoms with E-state index < -0.39 is 0 Å². The average Bonchev–Trinajstić information content (AvgIpc) is 3.19. The summed E-state index contributed by atoms with van der Waals surface area (Å²) in [6.45, 7) is 10.4. The molecular formula is C19H22N4O2S. The SMILES string of the molecule is C=CCn1c(C)nnc1SC(C)C(=O)c1ccc2c(c1)CCN2C(C)=O. The van der Waals surface area contributed by atoms with Crippen molar-refractivity contribution in [1.29, 1.82) is 0 Å². The summed E-state index contributed by atoms with van der Waals surface area (Å²) in [5, 5.41) is 8.69. The third kappa shape index (κ3) is 3.44. The molecule has 1 aliphatic heterocycles. The van der Waals surface area contributed by atoms with E-state index in [0.29, 0.717) is 23.8 Å². The molecule has 7 heteroatoms. The standard InChI is InChI=1S/C19H22N4O2S/c1-5-9-22-13(3)20-21-19(22)26-12(2)18(25)16-6-7-17-15(11-16)8-10-23(17)14(4)24/h5-7,11-12H,1,8-10H2,2-4H3. The van der Waals surface area contributed by atoms with Crippen LogP contribution in [0.25, 0.3) is 0 Å². The molecule has 1 unspecified atom stereocenters. The van der Waals surface area contributed by atoms with E-state index >= 15 is 0 Å². The summed E-state index contributed by atoms with van der Waals surface area (Å²) < 4.78 is 1.94. The molecule has 0 saturated heterocycles. The van der Waals surface area contributed by atoms with Gasteiger partial charge >= 0.3 is 0 Å². The smallest absolute Gasteiger partial charge is 0.223 e. The molecule has 1 amide bonds. The Bertz CT molecular complexity index is 874. The van der Waals surface area contributed by atoms with Gasteiger partial charge in [0.15, 0.2) is 10.9 Å². The van der Waals surface area contributed by atoms with E-state index in [1.807, 2.05) is 30.5 Å². The van der Waals surface area contributed by atoms with Crippen LogP contribution in [0.1, 0.15) is 35.6 Å². The van der Waals surface area contributed by atoms with Gasteiger partial charge in [-0.15, -0.1) is 16.8 Å². The van der Waals surface area contributed by atoms with E-state index in [-0.39, 0.29) is 16.9 Å². The second kappa shape index (κ2) is 7.45. The summed E-state index contributed by atoms with van der Waals surface area (Å²) in [5.74, 6) is 0.877. The van der Waals surface area contributed by atoms with E-state index in [1.54, 1.807) is 24.0 Å². The summed E-state index contributed by atoms with van der Waals surface area (Å²) in [5.41, 5.74) is 2.63.